The average Bonchev–Trinajstić information content (AvgIpc) is 3.43. The van der Waals surface area contributed by atoms with Gasteiger partial charge in [0.05, 0.1) is 13.2 Å². The summed E-state index contributed by atoms with van der Waals surface area (Å²) < 4.78 is 5.55. The predicted octanol–water partition coefficient (Wildman–Crippen LogP) is 6.66. The number of ketones is 3. The van der Waals surface area contributed by atoms with Crippen LogP contribution < -0.4 is 9.64 Å². The number of hydrogen-bond donors (Lipinski definition) is 0. The Bertz CT molecular complexity index is 1710. The molecule has 0 bridgehead atoms. The van der Waals surface area contributed by atoms with E-state index in [1.54, 1.807) is 49.6 Å². The first kappa shape index (κ1) is 24.6. The number of methoxy groups -OCH3 is 1. The van der Waals surface area contributed by atoms with Gasteiger partial charge in [0.15, 0.2) is 17.3 Å². The molecule has 5 nitrogen and oxygen atoms in total. The molecule has 0 aromatic heterocycles. The van der Waals surface area contributed by atoms with E-state index in [9.17, 15) is 14.4 Å². The number of rotatable bonds is 4. The van der Waals surface area contributed by atoms with Crippen LogP contribution in [0.5, 0.6) is 5.75 Å². The van der Waals surface area contributed by atoms with Gasteiger partial charge in [-0.05, 0) is 41.5 Å². The fourth-order valence-corrected chi connectivity index (χ4v) is 7.11. The van der Waals surface area contributed by atoms with Crippen molar-refractivity contribution in [2.45, 2.75) is 18.0 Å². The van der Waals surface area contributed by atoms with Gasteiger partial charge < -0.3 is 9.64 Å². The molecule has 0 unspecified atom stereocenters. The molecule has 0 amide bonds. The number of fused-ring (bicyclic) bond motifs is 5. The summed E-state index contributed by atoms with van der Waals surface area (Å²) in [5.41, 5.74) is 2.02. The van der Waals surface area contributed by atoms with Crippen molar-refractivity contribution in [1.82, 2.24) is 0 Å². The molecule has 3 aliphatic rings. The molecule has 0 saturated carbocycles. The molecule has 1 aliphatic carbocycles. The van der Waals surface area contributed by atoms with Gasteiger partial charge in [0.1, 0.15) is 17.2 Å². The minimum Gasteiger partial charge on any atom is -0.497 e. The lowest BCUT2D eigenvalue weighted by atomic mass is 9.64. The Hall–Kier alpha value is -4.48. The van der Waals surface area contributed by atoms with Crippen molar-refractivity contribution >= 4 is 40.7 Å². The first-order valence-electron chi connectivity index (χ1n) is 13.1. The number of nitrogens with zero attached hydrogens (tertiary/aromatic N) is 1. The number of anilines is 1. The fraction of sp³-hybridized carbons (Fsp3) is 0.147. The quantitative estimate of drug-likeness (QED) is 0.212. The Balaban J connectivity index is 1.56. The highest BCUT2D eigenvalue weighted by atomic mass is 35.5. The van der Waals surface area contributed by atoms with E-state index in [4.69, 9.17) is 16.3 Å². The lowest BCUT2D eigenvalue weighted by molar-refractivity contribution is 0.0665. The minimum absolute atomic E-state index is 0.164. The molecule has 4 aromatic carbocycles. The van der Waals surface area contributed by atoms with Crippen LogP contribution in [0.4, 0.5) is 5.69 Å². The number of halogens is 1. The van der Waals surface area contributed by atoms with E-state index in [0.717, 1.165) is 11.3 Å². The van der Waals surface area contributed by atoms with Crippen molar-refractivity contribution in [2.75, 3.05) is 12.0 Å². The summed E-state index contributed by atoms with van der Waals surface area (Å²) in [7, 11) is 1.57. The third-order valence-electron chi connectivity index (χ3n) is 8.55. The van der Waals surface area contributed by atoms with Crippen LogP contribution in [-0.4, -0.2) is 36.5 Å². The SMILES string of the molecule is COc1cccc([C@@H]2[C@H](C(=O)c3ccccc3)N3c4ccc(Cl)cc4C=C[C@@H]3C23C(=O)c2ccccc2C3=O)c1. The van der Waals surface area contributed by atoms with Crippen LogP contribution in [0, 0.1) is 5.41 Å². The first-order chi connectivity index (χ1) is 19.5. The molecule has 0 N–H and O–H groups in total. The molecule has 2 heterocycles. The second-order valence-electron chi connectivity index (χ2n) is 10.4. The zero-order valence-electron chi connectivity index (χ0n) is 21.6. The second kappa shape index (κ2) is 9.04. The van der Waals surface area contributed by atoms with E-state index in [0.29, 0.717) is 33.0 Å². The number of ether oxygens (including phenoxy) is 1. The predicted molar refractivity (Wildman–Crippen MR) is 155 cm³/mol. The van der Waals surface area contributed by atoms with Crippen molar-refractivity contribution < 1.29 is 19.1 Å². The summed E-state index contributed by atoms with van der Waals surface area (Å²) in [6, 6.07) is 27.3. The minimum atomic E-state index is -1.56. The normalized spacial score (nSPS) is 21.8. The van der Waals surface area contributed by atoms with E-state index in [1.807, 2.05) is 71.6 Å². The van der Waals surface area contributed by atoms with E-state index in [2.05, 4.69) is 0 Å². The molecule has 0 radical (unpaired) electrons. The molecule has 40 heavy (non-hydrogen) atoms. The van der Waals surface area contributed by atoms with Gasteiger partial charge in [-0.3, -0.25) is 14.4 Å². The van der Waals surface area contributed by atoms with E-state index in [1.165, 1.54) is 0 Å². The van der Waals surface area contributed by atoms with Gasteiger partial charge in [-0.1, -0.05) is 90.5 Å². The molecule has 1 spiro atoms. The van der Waals surface area contributed by atoms with Gasteiger partial charge in [-0.2, -0.15) is 0 Å². The highest BCUT2D eigenvalue weighted by Gasteiger charge is 2.71. The van der Waals surface area contributed by atoms with Crippen molar-refractivity contribution in [2.24, 2.45) is 5.41 Å². The van der Waals surface area contributed by atoms with Gasteiger partial charge in [0.25, 0.3) is 0 Å². The van der Waals surface area contributed by atoms with Crippen LogP contribution in [0.25, 0.3) is 6.08 Å². The molecular weight excluding hydrogens is 522 g/mol. The maximum absolute atomic E-state index is 14.7. The Kier molecular flexibility index (Phi) is 5.55. The van der Waals surface area contributed by atoms with Crippen molar-refractivity contribution in [3.05, 3.63) is 136 Å². The van der Waals surface area contributed by atoms with Gasteiger partial charge in [-0.25, -0.2) is 0 Å². The summed E-state index contributed by atoms with van der Waals surface area (Å²) >= 11 is 6.36. The third-order valence-corrected chi connectivity index (χ3v) is 8.78. The Morgan fingerprint density at radius 2 is 1.55 bits per heavy atom. The van der Waals surface area contributed by atoms with E-state index < -0.39 is 23.4 Å². The van der Waals surface area contributed by atoms with Crippen LogP contribution in [0.15, 0.2) is 103 Å². The number of benzene rings is 4. The summed E-state index contributed by atoms with van der Waals surface area (Å²) in [4.78, 5) is 45.9. The topological polar surface area (TPSA) is 63.7 Å². The average molecular weight is 546 g/mol. The number of carbonyl (C=O) groups is 3. The Labute approximate surface area is 236 Å². The molecule has 1 fully saturated rings. The summed E-state index contributed by atoms with van der Waals surface area (Å²) in [5, 5.41) is 0.562. The van der Waals surface area contributed by atoms with Crippen molar-refractivity contribution in [1.29, 1.82) is 0 Å². The maximum atomic E-state index is 14.7. The number of hydrogen-bond acceptors (Lipinski definition) is 5. The smallest absolute Gasteiger partial charge is 0.185 e. The fourth-order valence-electron chi connectivity index (χ4n) is 6.93. The van der Waals surface area contributed by atoms with Crippen molar-refractivity contribution in [3.63, 3.8) is 0 Å². The van der Waals surface area contributed by atoms with Crippen LogP contribution in [0.2, 0.25) is 5.02 Å². The first-order valence-corrected chi connectivity index (χ1v) is 13.5. The van der Waals surface area contributed by atoms with E-state index >= 15 is 0 Å². The molecular formula is C34H24ClNO4. The van der Waals surface area contributed by atoms with Gasteiger partial charge in [0.2, 0.25) is 0 Å². The standard InChI is InChI=1S/C34H24ClNO4/c1-40-24-11-7-10-22(19-24)29-30(31(37)20-8-3-2-4-9-20)36-27-16-15-23(35)18-21(27)14-17-28(36)34(29)32(38)25-12-5-6-13-26(25)33(34)39/h2-19,28-30H,1H3/t28-,29-,30-/m1/s1. The zero-order chi connectivity index (χ0) is 27.6. The lowest BCUT2D eigenvalue weighted by Gasteiger charge is -2.37. The van der Waals surface area contributed by atoms with E-state index in [-0.39, 0.29) is 17.3 Å². The zero-order valence-corrected chi connectivity index (χ0v) is 22.3. The van der Waals surface area contributed by atoms with Crippen LogP contribution in [0.1, 0.15) is 48.1 Å². The van der Waals surface area contributed by atoms with Gasteiger partial charge in [-0.15, -0.1) is 0 Å². The summed E-state index contributed by atoms with van der Waals surface area (Å²) in [6.45, 7) is 0. The van der Waals surface area contributed by atoms with Crippen molar-refractivity contribution in [3.8, 4) is 5.75 Å². The highest BCUT2D eigenvalue weighted by molar-refractivity contribution is 6.32. The largest absolute Gasteiger partial charge is 0.497 e. The molecule has 7 rings (SSSR count). The molecule has 3 atom stereocenters. The molecule has 2 aliphatic heterocycles. The highest BCUT2D eigenvalue weighted by Crippen LogP contribution is 2.61. The molecule has 196 valence electrons. The summed E-state index contributed by atoms with van der Waals surface area (Å²) in [6.07, 6.45) is 3.80. The van der Waals surface area contributed by atoms with Crippen LogP contribution in [-0.2, 0) is 0 Å². The van der Waals surface area contributed by atoms with Crippen LogP contribution >= 0.6 is 11.6 Å². The van der Waals surface area contributed by atoms with Gasteiger partial charge >= 0.3 is 0 Å². The van der Waals surface area contributed by atoms with Gasteiger partial charge in [0, 0.05) is 33.3 Å². The molecule has 4 aromatic rings. The molecule has 1 saturated heterocycles. The monoisotopic (exact) mass is 545 g/mol. The second-order valence-corrected chi connectivity index (χ2v) is 10.9. The Morgan fingerprint density at radius 3 is 2.25 bits per heavy atom. The Morgan fingerprint density at radius 1 is 0.850 bits per heavy atom. The number of Topliss-reactive ketones (excluding diaryl/α,β-unsaturated/α-hetero) is 3. The maximum Gasteiger partial charge on any atom is 0.185 e. The number of carbonyl (C=O) groups excluding carboxylic acids is 3. The summed E-state index contributed by atoms with van der Waals surface area (Å²) in [5.74, 6) is -0.897. The lowest BCUT2D eigenvalue weighted by Crippen LogP contribution is -2.48. The third kappa shape index (κ3) is 3.24. The van der Waals surface area contributed by atoms with Crippen LogP contribution in [0.3, 0.4) is 0 Å². The molecule has 6 heteroatoms.